The third-order valence-corrected chi connectivity index (χ3v) is 6.84. The van der Waals surface area contributed by atoms with Crippen LogP contribution in [0.2, 0.25) is 0 Å². The maximum absolute atomic E-state index is 12.7. The SMILES string of the molecule is COc1ccc(C(CNC(=O)CSc2nc(C)nc3ccccc23)N2CCCCC2)cc1. The molecule has 32 heavy (non-hydrogen) atoms. The summed E-state index contributed by atoms with van der Waals surface area (Å²) in [6.45, 7) is 4.60. The Kier molecular flexibility index (Phi) is 7.60. The van der Waals surface area contributed by atoms with Crippen LogP contribution in [0.15, 0.2) is 53.6 Å². The molecule has 1 atom stereocenters. The molecule has 1 aromatic heterocycles. The van der Waals surface area contributed by atoms with Crippen LogP contribution in [-0.4, -0.2) is 53.3 Å². The molecule has 3 aromatic rings. The van der Waals surface area contributed by atoms with Gasteiger partial charge in [0.05, 0.1) is 24.4 Å². The predicted molar refractivity (Wildman–Crippen MR) is 129 cm³/mol. The maximum atomic E-state index is 12.7. The Labute approximate surface area is 193 Å². The van der Waals surface area contributed by atoms with Crippen LogP contribution < -0.4 is 10.1 Å². The smallest absolute Gasteiger partial charge is 0.230 e. The summed E-state index contributed by atoms with van der Waals surface area (Å²) in [5, 5.41) is 5.00. The number of nitrogens with one attached hydrogen (secondary N) is 1. The number of thioether (sulfide) groups is 1. The maximum Gasteiger partial charge on any atom is 0.230 e. The van der Waals surface area contributed by atoms with E-state index in [1.54, 1.807) is 7.11 Å². The summed E-state index contributed by atoms with van der Waals surface area (Å²) in [4.78, 5) is 24.3. The molecule has 2 aromatic carbocycles. The second-order valence-corrected chi connectivity index (χ2v) is 9.04. The number of nitrogens with zero attached hydrogens (tertiary/aromatic N) is 3. The number of para-hydroxylation sites is 1. The van der Waals surface area contributed by atoms with Gasteiger partial charge in [-0.3, -0.25) is 9.69 Å². The molecular weight excluding hydrogens is 420 g/mol. The van der Waals surface area contributed by atoms with Gasteiger partial charge in [0.25, 0.3) is 0 Å². The minimum absolute atomic E-state index is 0.0193. The van der Waals surface area contributed by atoms with Crippen molar-refractivity contribution in [3.05, 3.63) is 59.9 Å². The third-order valence-electron chi connectivity index (χ3n) is 5.84. The van der Waals surface area contributed by atoms with E-state index in [1.165, 1.54) is 36.6 Å². The molecule has 2 heterocycles. The van der Waals surface area contributed by atoms with E-state index in [-0.39, 0.29) is 11.9 Å². The highest BCUT2D eigenvalue weighted by atomic mass is 32.2. The molecule has 7 heteroatoms. The number of hydrogen-bond donors (Lipinski definition) is 1. The zero-order valence-corrected chi connectivity index (χ0v) is 19.5. The van der Waals surface area contributed by atoms with Crippen molar-refractivity contribution in [1.29, 1.82) is 0 Å². The lowest BCUT2D eigenvalue weighted by Crippen LogP contribution is -2.41. The second-order valence-electron chi connectivity index (χ2n) is 8.07. The molecule has 6 nitrogen and oxygen atoms in total. The van der Waals surface area contributed by atoms with Crippen molar-refractivity contribution < 1.29 is 9.53 Å². The van der Waals surface area contributed by atoms with Gasteiger partial charge in [-0.2, -0.15) is 0 Å². The third kappa shape index (κ3) is 5.58. The van der Waals surface area contributed by atoms with Gasteiger partial charge in [0.15, 0.2) is 0 Å². The van der Waals surface area contributed by atoms with Crippen LogP contribution in [0.25, 0.3) is 10.9 Å². The molecular formula is C25H30N4O2S. The minimum atomic E-state index is 0.0193. The number of aryl methyl sites for hydroxylation is 1. The summed E-state index contributed by atoms with van der Waals surface area (Å²) in [6, 6.07) is 16.3. The number of benzene rings is 2. The monoisotopic (exact) mass is 450 g/mol. The number of amides is 1. The predicted octanol–water partition coefficient (Wildman–Crippen LogP) is 4.38. The van der Waals surface area contributed by atoms with Crippen LogP contribution in [0.4, 0.5) is 0 Å². The van der Waals surface area contributed by atoms with Crippen molar-refractivity contribution >= 4 is 28.6 Å². The summed E-state index contributed by atoms with van der Waals surface area (Å²) in [6.07, 6.45) is 3.69. The Bertz CT molecular complexity index is 1050. The molecule has 0 spiro atoms. The van der Waals surface area contributed by atoms with Crippen molar-refractivity contribution in [2.45, 2.75) is 37.3 Å². The van der Waals surface area contributed by atoms with Crippen LogP contribution in [0.1, 0.15) is 36.7 Å². The normalized spacial score (nSPS) is 15.4. The van der Waals surface area contributed by atoms with E-state index in [9.17, 15) is 4.79 Å². The highest BCUT2D eigenvalue weighted by Crippen LogP contribution is 2.27. The topological polar surface area (TPSA) is 67.3 Å². The summed E-state index contributed by atoms with van der Waals surface area (Å²) < 4.78 is 5.31. The summed E-state index contributed by atoms with van der Waals surface area (Å²) >= 11 is 1.47. The number of likely N-dealkylation sites (tertiary alicyclic amines) is 1. The Morgan fingerprint density at radius 1 is 1.09 bits per heavy atom. The molecule has 1 aliphatic heterocycles. The number of rotatable bonds is 8. The lowest BCUT2D eigenvalue weighted by molar-refractivity contribution is -0.118. The minimum Gasteiger partial charge on any atom is -0.497 e. The molecule has 1 aliphatic rings. The molecule has 4 rings (SSSR count). The van der Waals surface area contributed by atoms with E-state index in [2.05, 4.69) is 32.3 Å². The molecule has 0 radical (unpaired) electrons. The molecule has 0 bridgehead atoms. The first-order valence-corrected chi connectivity index (χ1v) is 12.1. The Balaban J connectivity index is 1.41. The van der Waals surface area contributed by atoms with Gasteiger partial charge in [0.2, 0.25) is 5.91 Å². The molecule has 1 fully saturated rings. The molecule has 0 saturated carbocycles. The highest BCUT2D eigenvalue weighted by molar-refractivity contribution is 8.00. The number of fused-ring (bicyclic) bond motifs is 1. The van der Waals surface area contributed by atoms with Crippen molar-refractivity contribution in [3.8, 4) is 5.75 Å². The molecule has 1 N–H and O–H groups in total. The summed E-state index contributed by atoms with van der Waals surface area (Å²) in [7, 11) is 1.68. The first kappa shape index (κ1) is 22.6. The Morgan fingerprint density at radius 3 is 2.59 bits per heavy atom. The fraction of sp³-hybridized carbons (Fsp3) is 0.400. The van der Waals surface area contributed by atoms with Gasteiger partial charge in [-0.15, -0.1) is 0 Å². The van der Waals surface area contributed by atoms with Gasteiger partial charge >= 0.3 is 0 Å². The first-order valence-electron chi connectivity index (χ1n) is 11.1. The van der Waals surface area contributed by atoms with Crippen LogP contribution >= 0.6 is 11.8 Å². The number of ether oxygens (including phenoxy) is 1. The number of methoxy groups -OCH3 is 1. The zero-order valence-electron chi connectivity index (χ0n) is 18.7. The van der Waals surface area contributed by atoms with Crippen LogP contribution in [-0.2, 0) is 4.79 Å². The zero-order chi connectivity index (χ0) is 22.3. The van der Waals surface area contributed by atoms with Crippen LogP contribution in [0.5, 0.6) is 5.75 Å². The van der Waals surface area contributed by atoms with E-state index >= 15 is 0 Å². The molecule has 1 amide bonds. The first-order chi connectivity index (χ1) is 15.6. The Hall–Kier alpha value is -2.64. The van der Waals surface area contributed by atoms with Gasteiger partial charge in [0.1, 0.15) is 16.6 Å². The number of carbonyl (C=O) groups is 1. The van der Waals surface area contributed by atoms with Crippen molar-refractivity contribution in [2.24, 2.45) is 0 Å². The average Bonchev–Trinajstić information content (AvgIpc) is 2.83. The molecule has 1 unspecified atom stereocenters. The summed E-state index contributed by atoms with van der Waals surface area (Å²) in [5.41, 5.74) is 2.12. The molecule has 1 saturated heterocycles. The van der Waals surface area contributed by atoms with Gasteiger partial charge in [-0.05, 0) is 56.6 Å². The summed E-state index contributed by atoms with van der Waals surface area (Å²) in [5.74, 6) is 1.91. The highest BCUT2D eigenvalue weighted by Gasteiger charge is 2.23. The lowest BCUT2D eigenvalue weighted by atomic mass is 10.0. The van der Waals surface area contributed by atoms with Crippen molar-refractivity contribution in [3.63, 3.8) is 0 Å². The Morgan fingerprint density at radius 2 is 1.84 bits per heavy atom. The number of aromatic nitrogens is 2. The van der Waals surface area contributed by atoms with E-state index in [4.69, 9.17) is 4.74 Å². The van der Waals surface area contributed by atoms with E-state index in [1.807, 2.05) is 43.3 Å². The van der Waals surface area contributed by atoms with Gasteiger partial charge < -0.3 is 10.1 Å². The van der Waals surface area contributed by atoms with Crippen LogP contribution in [0, 0.1) is 6.92 Å². The van der Waals surface area contributed by atoms with Gasteiger partial charge in [-0.25, -0.2) is 9.97 Å². The quantitative estimate of drug-likeness (QED) is 0.406. The number of hydrogen-bond acceptors (Lipinski definition) is 6. The van der Waals surface area contributed by atoms with Gasteiger partial charge in [0, 0.05) is 11.9 Å². The number of carbonyl (C=O) groups excluding carboxylic acids is 1. The van der Waals surface area contributed by atoms with E-state index < -0.39 is 0 Å². The molecule has 168 valence electrons. The average molecular weight is 451 g/mol. The second kappa shape index (κ2) is 10.8. The van der Waals surface area contributed by atoms with Crippen LogP contribution in [0.3, 0.4) is 0 Å². The van der Waals surface area contributed by atoms with E-state index in [0.717, 1.165) is 40.6 Å². The fourth-order valence-corrected chi connectivity index (χ4v) is 5.07. The standard InChI is InChI=1S/C25H30N4O2S/c1-18-27-22-9-5-4-8-21(22)25(28-18)32-17-24(30)26-16-23(29-14-6-3-7-15-29)19-10-12-20(31-2)13-11-19/h4-5,8-13,23H,3,6-7,14-17H2,1-2H3,(H,26,30). The van der Waals surface area contributed by atoms with Gasteiger partial charge in [-0.1, -0.05) is 48.5 Å². The van der Waals surface area contributed by atoms with Crippen molar-refractivity contribution in [1.82, 2.24) is 20.2 Å². The fourth-order valence-electron chi connectivity index (χ4n) is 4.18. The lowest BCUT2D eigenvalue weighted by Gasteiger charge is -2.35. The number of piperidine rings is 1. The van der Waals surface area contributed by atoms with Crippen molar-refractivity contribution in [2.75, 3.05) is 32.5 Å². The molecule has 0 aliphatic carbocycles. The van der Waals surface area contributed by atoms with E-state index in [0.29, 0.717) is 12.3 Å². The largest absolute Gasteiger partial charge is 0.497 e.